The molecule has 2 aromatic rings. The number of aromatic nitrogens is 3. The number of H-pyrrole nitrogens is 2. The number of carbonyl (C=O) groups excluding carboxylic acids is 2. The average molecular weight is 404 g/mol. The highest BCUT2D eigenvalue weighted by molar-refractivity contribution is 6.30. The Balaban J connectivity index is 1.57. The van der Waals surface area contributed by atoms with Crippen LogP contribution >= 0.6 is 11.6 Å². The number of amides is 2. The number of aromatic amines is 2. The molecule has 9 heteroatoms. The molecular formula is C19H22ClN5O3. The van der Waals surface area contributed by atoms with Crippen molar-refractivity contribution >= 4 is 23.4 Å². The summed E-state index contributed by atoms with van der Waals surface area (Å²) in [5, 5.41) is 6.98. The maximum atomic E-state index is 13.4. The van der Waals surface area contributed by atoms with Crippen LogP contribution in [0.2, 0.25) is 5.02 Å². The van der Waals surface area contributed by atoms with Gasteiger partial charge in [-0.1, -0.05) is 23.7 Å². The minimum absolute atomic E-state index is 0.0175. The van der Waals surface area contributed by atoms with E-state index in [2.05, 4.69) is 15.2 Å². The third kappa shape index (κ3) is 3.44. The quantitative estimate of drug-likeness (QED) is 0.813. The van der Waals surface area contributed by atoms with Crippen LogP contribution in [0.1, 0.15) is 42.6 Å². The largest absolute Gasteiger partial charge is 0.342 e. The van der Waals surface area contributed by atoms with Crippen molar-refractivity contribution in [1.29, 1.82) is 0 Å². The summed E-state index contributed by atoms with van der Waals surface area (Å²) in [7, 11) is 1.73. The van der Waals surface area contributed by atoms with Crippen molar-refractivity contribution in [2.45, 2.75) is 31.2 Å². The van der Waals surface area contributed by atoms with Crippen molar-refractivity contribution in [2.75, 3.05) is 20.1 Å². The fourth-order valence-corrected chi connectivity index (χ4v) is 4.55. The van der Waals surface area contributed by atoms with Crippen LogP contribution in [-0.4, -0.2) is 56.9 Å². The summed E-state index contributed by atoms with van der Waals surface area (Å²) < 4.78 is 0. The van der Waals surface area contributed by atoms with Gasteiger partial charge >= 0.3 is 5.69 Å². The van der Waals surface area contributed by atoms with Crippen LogP contribution in [0.5, 0.6) is 0 Å². The number of nitrogens with zero attached hydrogens (tertiary/aromatic N) is 3. The first-order valence-electron chi connectivity index (χ1n) is 9.38. The molecule has 0 bridgehead atoms. The van der Waals surface area contributed by atoms with E-state index in [1.165, 1.54) is 0 Å². The Labute approximate surface area is 166 Å². The second-order valence-electron chi connectivity index (χ2n) is 7.50. The van der Waals surface area contributed by atoms with E-state index in [-0.39, 0.29) is 35.9 Å². The van der Waals surface area contributed by atoms with Crippen molar-refractivity contribution in [3.8, 4) is 0 Å². The predicted molar refractivity (Wildman–Crippen MR) is 103 cm³/mol. The zero-order valence-electron chi connectivity index (χ0n) is 15.5. The molecule has 0 aliphatic carbocycles. The van der Waals surface area contributed by atoms with E-state index in [0.717, 1.165) is 18.4 Å². The van der Waals surface area contributed by atoms with E-state index < -0.39 is 5.92 Å². The van der Waals surface area contributed by atoms with Gasteiger partial charge in [-0.3, -0.25) is 14.6 Å². The van der Waals surface area contributed by atoms with Crippen molar-refractivity contribution < 1.29 is 9.59 Å². The molecule has 148 valence electrons. The molecule has 1 aromatic carbocycles. The summed E-state index contributed by atoms with van der Waals surface area (Å²) >= 11 is 6.13. The normalized spacial score (nSPS) is 25.4. The Bertz CT molecular complexity index is 955. The number of hydrogen-bond donors (Lipinski definition) is 2. The van der Waals surface area contributed by atoms with Gasteiger partial charge in [0.15, 0.2) is 0 Å². The predicted octanol–water partition coefficient (Wildman–Crippen LogP) is 1.68. The van der Waals surface area contributed by atoms with Crippen molar-refractivity contribution in [2.24, 2.45) is 5.92 Å². The highest BCUT2D eigenvalue weighted by Crippen LogP contribution is 2.39. The number of halogens is 1. The third-order valence-electron chi connectivity index (χ3n) is 5.73. The fraction of sp³-hybridized carbons (Fsp3) is 0.474. The second-order valence-corrected chi connectivity index (χ2v) is 7.94. The molecule has 1 aromatic heterocycles. The number of piperidine rings is 1. The SMILES string of the molecule is CN1C(=O)C[C@H](C(=O)N2CCC[C@H](c3n[nH]c(=O)[nH]3)C2)[C@@H]1c1cccc(Cl)c1. The summed E-state index contributed by atoms with van der Waals surface area (Å²) in [5.74, 6) is 0.0244. The molecule has 2 fully saturated rings. The summed E-state index contributed by atoms with van der Waals surface area (Å²) in [6.07, 6.45) is 1.86. The molecule has 8 nitrogen and oxygen atoms in total. The standard InChI is InChI=1S/C19H22ClN5O3/c1-24-15(26)9-14(16(24)11-4-2-6-13(20)8-11)18(27)25-7-3-5-12(10-25)17-21-19(28)23-22-17/h2,4,6,8,12,14,16H,3,5,7,9-10H2,1H3,(H2,21,22,23,28)/t12-,14-,16-/m0/s1. The lowest BCUT2D eigenvalue weighted by atomic mass is 9.90. The highest BCUT2D eigenvalue weighted by Gasteiger charge is 2.45. The summed E-state index contributed by atoms with van der Waals surface area (Å²) in [5.41, 5.74) is 0.520. The molecular weight excluding hydrogens is 382 g/mol. The smallest absolute Gasteiger partial charge is 0.340 e. The maximum absolute atomic E-state index is 13.4. The van der Waals surface area contributed by atoms with E-state index in [1.54, 1.807) is 22.9 Å². The maximum Gasteiger partial charge on any atom is 0.340 e. The van der Waals surface area contributed by atoms with Crippen LogP contribution in [0.4, 0.5) is 0 Å². The monoisotopic (exact) mass is 403 g/mol. The van der Waals surface area contributed by atoms with Crippen LogP contribution in [0.3, 0.4) is 0 Å². The lowest BCUT2D eigenvalue weighted by Crippen LogP contribution is -2.43. The average Bonchev–Trinajstić information content (AvgIpc) is 3.25. The van der Waals surface area contributed by atoms with E-state index in [4.69, 9.17) is 11.6 Å². The molecule has 0 spiro atoms. The van der Waals surface area contributed by atoms with Crippen molar-refractivity contribution in [3.05, 3.63) is 51.2 Å². The highest BCUT2D eigenvalue weighted by atomic mass is 35.5. The number of likely N-dealkylation sites (tertiary alicyclic amines) is 2. The van der Waals surface area contributed by atoms with Crippen LogP contribution in [-0.2, 0) is 9.59 Å². The summed E-state index contributed by atoms with van der Waals surface area (Å²) in [6, 6.07) is 7.00. The Morgan fingerprint density at radius 1 is 1.32 bits per heavy atom. The minimum atomic E-state index is -0.451. The molecule has 2 saturated heterocycles. The Kier molecular flexibility index (Phi) is 4.97. The topological polar surface area (TPSA) is 102 Å². The molecule has 2 amide bonds. The molecule has 4 rings (SSSR count). The Morgan fingerprint density at radius 2 is 2.14 bits per heavy atom. The molecule has 2 aliphatic heterocycles. The first-order chi connectivity index (χ1) is 13.4. The molecule has 2 aliphatic rings. The van der Waals surface area contributed by atoms with Crippen LogP contribution in [0.15, 0.2) is 29.1 Å². The molecule has 28 heavy (non-hydrogen) atoms. The third-order valence-corrected chi connectivity index (χ3v) is 5.97. The van der Waals surface area contributed by atoms with Gasteiger partial charge in [-0.2, -0.15) is 5.10 Å². The lowest BCUT2D eigenvalue weighted by Gasteiger charge is -2.35. The van der Waals surface area contributed by atoms with Gasteiger partial charge in [-0.15, -0.1) is 0 Å². The van der Waals surface area contributed by atoms with Gasteiger partial charge in [0.1, 0.15) is 5.82 Å². The Hall–Kier alpha value is -2.61. The lowest BCUT2D eigenvalue weighted by molar-refractivity contribution is -0.137. The second kappa shape index (κ2) is 7.43. The number of hydrogen-bond acceptors (Lipinski definition) is 4. The fourth-order valence-electron chi connectivity index (χ4n) is 4.35. The molecule has 0 saturated carbocycles. The Morgan fingerprint density at radius 3 is 2.86 bits per heavy atom. The van der Waals surface area contributed by atoms with Crippen molar-refractivity contribution in [3.63, 3.8) is 0 Å². The van der Waals surface area contributed by atoms with Gasteiger partial charge in [-0.05, 0) is 30.5 Å². The summed E-state index contributed by atoms with van der Waals surface area (Å²) in [6.45, 7) is 1.12. The zero-order valence-corrected chi connectivity index (χ0v) is 16.3. The molecule has 0 radical (unpaired) electrons. The van der Waals surface area contributed by atoms with Crippen LogP contribution < -0.4 is 5.69 Å². The van der Waals surface area contributed by atoms with Gasteiger partial charge in [-0.25, -0.2) is 9.89 Å². The zero-order chi connectivity index (χ0) is 19.8. The van der Waals surface area contributed by atoms with E-state index in [1.807, 2.05) is 18.2 Å². The van der Waals surface area contributed by atoms with E-state index in [0.29, 0.717) is 23.9 Å². The van der Waals surface area contributed by atoms with Gasteiger partial charge < -0.3 is 9.80 Å². The van der Waals surface area contributed by atoms with E-state index >= 15 is 0 Å². The van der Waals surface area contributed by atoms with Crippen molar-refractivity contribution in [1.82, 2.24) is 25.0 Å². The first-order valence-corrected chi connectivity index (χ1v) is 9.76. The van der Waals surface area contributed by atoms with E-state index in [9.17, 15) is 14.4 Å². The number of nitrogens with one attached hydrogen (secondary N) is 2. The number of benzene rings is 1. The summed E-state index contributed by atoms with van der Waals surface area (Å²) in [4.78, 5) is 43.2. The molecule has 3 heterocycles. The minimum Gasteiger partial charge on any atom is -0.342 e. The molecule has 2 N–H and O–H groups in total. The number of carbonyl (C=O) groups is 2. The van der Waals surface area contributed by atoms with Crippen LogP contribution in [0, 0.1) is 5.92 Å². The van der Waals surface area contributed by atoms with Crippen LogP contribution in [0.25, 0.3) is 0 Å². The van der Waals surface area contributed by atoms with Gasteiger partial charge in [0, 0.05) is 37.5 Å². The van der Waals surface area contributed by atoms with Gasteiger partial charge in [0.25, 0.3) is 0 Å². The van der Waals surface area contributed by atoms with Gasteiger partial charge in [0.2, 0.25) is 11.8 Å². The molecule has 3 atom stereocenters. The first kappa shape index (κ1) is 18.7. The van der Waals surface area contributed by atoms with Gasteiger partial charge in [0.05, 0.1) is 12.0 Å². The number of rotatable bonds is 3. The molecule has 0 unspecified atom stereocenters.